The SMILES string of the molecule is CCOc1ccc2ccccc2c1C1=CC=CC[CH]1. The summed E-state index contributed by atoms with van der Waals surface area (Å²) in [6, 6.07) is 12.7. The number of rotatable bonds is 3. The zero-order chi connectivity index (χ0) is 13.1. The Bertz CT molecular complexity index is 650. The largest absolute Gasteiger partial charge is 0.493 e. The summed E-state index contributed by atoms with van der Waals surface area (Å²) in [7, 11) is 0. The van der Waals surface area contributed by atoms with Gasteiger partial charge >= 0.3 is 0 Å². The first-order valence-corrected chi connectivity index (χ1v) is 6.75. The van der Waals surface area contributed by atoms with E-state index in [9.17, 15) is 0 Å². The minimum absolute atomic E-state index is 0.689. The van der Waals surface area contributed by atoms with Crippen LogP contribution < -0.4 is 4.74 Å². The third-order valence-electron chi connectivity index (χ3n) is 3.37. The topological polar surface area (TPSA) is 9.23 Å². The highest BCUT2D eigenvalue weighted by molar-refractivity contribution is 5.98. The van der Waals surface area contributed by atoms with Crippen molar-refractivity contribution in [1.29, 1.82) is 0 Å². The van der Waals surface area contributed by atoms with Crippen molar-refractivity contribution in [3.05, 3.63) is 66.6 Å². The Labute approximate surface area is 114 Å². The summed E-state index contributed by atoms with van der Waals surface area (Å²) in [5.74, 6) is 0.971. The van der Waals surface area contributed by atoms with Crippen molar-refractivity contribution in [2.75, 3.05) is 6.61 Å². The average molecular weight is 249 g/mol. The van der Waals surface area contributed by atoms with Crippen molar-refractivity contribution in [1.82, 2.24) is 0 Å². The van der Waals surface area contributed by atoms with E-state index >= 15 is 0 Å². The summed E-state index contributed by atoms with van der Waals surface area (Å²) in [5, 5.41) is 2.51. The van der Waals surface area contributed by atoms with E-state index in [4.69, 9.17) is 4.74 Å². The molecule has 0 unspecified atom stereocenters. The number of benzene rings is 2. The van der Waals surface area contributed by atoms with Crippen molar-refractivity contribution < 1.29 is 4.74 Å². The molecule has 0 fully saturated rings. The lowest BCUT2D eigenvalue weighted by Crippen LogP contribution is -1.99. The van der Waals surface area contributed by atoms with Gasteiger partial charge in [0.2, 0.25) is 0 Å². The molecule has 0 aromatic heterocycles. The van der Waals surface area contributed by atoms with Gasteiger partial charge in [0.15, 0.2) is 0 Å². The van der Waals surface area contributed by atoms with E-state index in [0.717, 1.165) is 12.2 Å². The number of allylic oxidation sites excluding steroid dienone is 4. The second kappa shape index (κ2) is 5.31. The van der Waals surface area contributed by atoms with Gasteiger partial charge in [0.05, 0.1) is 6.61 Å². The molecule has 95 valence electrons. The van der Waals surface area contributed by atoms with Crippen molar-refractivity contribution in [3.8, 4) is 5.75 Å². The molecular weight excluding hydrogens is 232 g/mol. The van der Waals surface area contributed by atoms with Gasteiger partial charge in [-0.3, -0.25) is 0 Å². The van der Waals surface area contributed by atoms with Gasteiger partial charge in [-0.2, -0.15) is 0 Å². The van der Waals surface area contributed by atoms with Gasteiger partial charge in [0.1, 0.15) is 5.75 Å². The Balaban J connectivity index is 2.25. The molecule has 0 bridgehead atoms. The molecule has 0 saturated carbocycles. The van der Waals surface area contributed by atoms with Gasteiger partial charge < -0.3 is 4.74 Å². The van der Waals surface area contributed by atoms with Gasteiger partial charge in [0, 0.05) is 5.56 Å². The molecule has 0 spiro atoms. The molecule has 0 N–H and O–H groups in total. The molecule has 2 aromatic carbocycles. The highest BCUT2D eigenvalue weighted by atomic mass is 16.5. The molecule has 0 amide bonds. The number of ether oxygens (including phenoxy) is 1. The third kappa shape index (κ3) is 2.28. The average Bonchev–Trinajstić information content (AvgIpc) is 2.48. The monoisotopic (exact) mass is 249 g/mol. The van der Waals surface area contributed by atoms with Gasteiger partial charge in [-0.25, -0.2) is 0 Å². The van der Waals surface area contributed by atoms with E-state index in [-0.39, 0.29) is 0 Å². The lowest BCUT2D eigenvalue weighted by atomic mass is 9.92. The van der Waals surface area contributed by atoms with E-state index in [1.807, 2.05) is 6.92 Å². The lowest BCUT2D eigenvalue weighted by molar-refractivity contribution is 0.340. The molecule has 1 heteroatoms. The molecule has 1 aliphatic rings. The van der Waals surface area contributed by atoms with E-state index in [1.165, 1.54) is 21.9 Å². The molecule has 2 aromatic rings. The third-order valence-corrected chi connectivity index (χ3v) is 3.37. The standard InChI is InChI=1S/C18H17O/c1-2-19-17-13-12-14-8-6-7-11-16(14)18(17)15-9-4-3-5-10-15/h3-4,6-13H,2,5H2,1H3. The second-order valence-corrected chi connectivity index (χ2v) is 4.58. The minimum atomic E-state index is 0.689. The van der Waals surface area contributed by atoms with Crippen molar-refractivity contribution in [2.45, 2.75) is 13.3 Å². The normalized spacial score (nSPS) is 14.5. The smallest absolute Gasteiger partial charge is 0.127 e. The van der Waals surface area contributed by atoms with Crippen molar-refractivity contribution in [2.24, 2.45) is 0 Å². The van der Waals surface area contributed by atoms with Gasteiger partial charge in [0.25, 0.3) is 0 Å². The Morgan fingerprint density at radius 2 is 2.00 bits per heavy atom. The van der Waals surface area contributed by atoms with Crippen LogP contribution in [0.2, 0.25) is 0 Å². The Hall–Kier alpha value is -2.02. The molecule has 1 nitrogen and oxygen atoms in total. The van der Waals surface area contributed by atoms with Crippen LogP contribution in [0.15, 0.2) is 54.6 Å². The summed E-state index contributed by atoms with van der Waals surface area (Å²) >= 11 is 0. The van der Waals surface area contributed by atoms with E-state index in [0.29, 0.717) is 6.61 Å². The molecular formula is C18H17O. The van der Waals surface area contributed by atoms with Crippen LogP contribution in [0.3, 0.4) is 0 Å². The predicted molar refractivity (Wildman–Crippen MR) is 81.2 cm³/mol. The molecule has 0 saturated heterocycles. The predicted octanol–water partition coefficient (Wildman–Crippen LogP) is 4.79. The first kappa shape index (κ1) is 12.0. The van der Waals surface area contributed by atoms with Gasteiger partial charge in [-0.05, 0) is 42.2 Å². The highest BCUT2D eigenvalue weighted by Gasteiger charge is 2.13. The summed E-state index contributed by atoms with van der Waals surface area (Å²) in [4.78, 5) is 0. The fraction of sp³-hybridized carbons (Fsp3) is 0.167. The summed E-state index contributed by atoms with van der Waals surface area (Å²) in [6.45, 7) is 2.71. The molecule has 0 heterocycles. The highest BCUT2D eigenvalue weighted by Crippen LogP contribution is 2.36. The second-order valence-electron chi connectivity index (χ2n) is 4.58. The Kier molecular flexibility index (Phi) is 3.37. The maximum Gasteiger partial charge on any atom is 0.127 e. The number of hydrogen-bond donors (Lipinski definition) is 0. The molecule has 1 aliphatic carbocycles. The Morgan fingerprint density at radius 3 is 2.79 bits per heavy atom. The summed E-state index contributed by atoms with van der Waals surface area (Å²) in [6.07, 6.45) is 9.68. The zero-order valence-electron chi connectivity index (χ0n) is 11.1. The minimum Gasteiger partial charge on any atom is -0.493 e. The summed E-state index contributed by atoms with van der Waals surface area (Å²) < 4.78 is 5.81. The number of hydrogen-bond acceptors (Lipinski definition) is 1. The fourth-order valence-corrected chi connectivity index (χ4v) is 2.52. The number of fused-ring (bicyclic) bond motifs is 1. The van der Waals surface area contributed by atoms with E-state index < -0.39 is 0 Å². The van der Waals surface area contributed by atoms with Crippen molar-refractivity contribution >= 4 is 16.3 Å². The first-order chi connectivity index (χ1) is 9.40. The van der Waals surface area contributed by atoms with Crippen LogP contribution in [0.1, 0.15) is 18.9 Å². The van der Waals surface area contributed by atoms with Gasteiger partial charge in [-0.15, -0.1) is 0 Å². The van der Waals surface area contributed by atoms with Crippen molar-refractivity contribution in [3.63, 3.8) is 0 Å². The van der Waals surface area contributed by atoms with Crippen LogP contribution >= 0.6 is 0 Å². The van der Waals surface area contributed by atoms with Crippen LogP contribution in [0.4, 0.5) is 0 Å². The van der Waals surface area contributed by atoms with E-state index in [2.05, 4.69) is 61.0 Å². The quantitative estimate of drug-likeness (QED) is 0.760. The molecule has 1 radical (unpaired) electrons. The van der Waals surface area contributed by atoms with Crippen LogP contribution in [0, 0.1) is 6.42 Å². The molecule has 19 heavy (non-hydrogen) atoms. The first-order valence-electron chi connectivity index (χ1n) is 6.75. The Morgan fingerprint density at radius 1 is 1.11 bits per heavy atom. The summed E-state index contributed by atoms with van der Waals surface area (Å²) in [5.41, 5.74) is 2.46. The van der Waals surface area contributed by atoms with Crippen LogP contribution in [-0.2, 0) is 0 Å². The molecule has 0 aliphatic heterocycles. The zero-order valence-corrected chi connectivity index (χ0v) is 11.1. The van der Waals surface area contributed by atoms with Crippen LogP contribution in [-0.4, -0.2) is 6.61 Å². The molecule has 0 atom stereocenters. The maximum atomic E-state index is 5.81. The van der Waals surface area contributed by atoms with E-state index in [1.54, 1.807) is 0 Å². The van der Waals surface area contributed by atoms with Crippen LogP contribution in [0.25, 0.3) is 16.3 Å². The maximum absolute atomic E-state index is 5.81. The van der Waals surface area contributed by atoms with Gasteiger partial charge in [-0.1, -0.05) is 48.6 Å². The van der Waals surface area contributed by atoms with Crippen LogP contribution in [0.5, 0.6) is 5.75 Å². The fourth-order valence-electron chi connectivity index (χ4n) is 2.52. The lowest BCUT2D eigenvalue weighted by Gasteiger charge is -2.17. The molecule has 3 rings (SSSR count).